The maximum atomic E-state index is 12.5. The van der Waals surface area contributed by atoms with E-state index in [0.29, 0.717) is 24.7 Å². The van der Waals surface area contributed by atoms with Crippen molar-refractivity contribution in [2.45, 2.75) is 19.3 Å². The summed E-state index contributed by atoms with van der Waals surface area (Å²) in [5, 5.41) is 5.48. The molecule has 1 aliphatic heterocycles. The lowest BCUT2D eigenvalue weighted by molar-refractivity contribution is -0.134. The highest BCUT2D eigenvalue weighted by molar-refractivity contribution is 9.10. The molecule has 1 saturated heterocycles. The van der Waals surface area contributed by atoms with E-state index in [-0.39, 0.29) is 36.6 Å². The van der Waals surface area contributed by atoms with Crippen LogP contribution in [0.1, 0.15) is 25.0 Å². The highest BCUT2D eigenvalue weighted by Crippen LogP contribution is 2.19. The van der Waals surface area contributed by atoms with Gasteiger partial charge in [0, 0.05) is 42.8 Å². The molecule has 1 unspecified atom stereocenters. The largest absolute Gasteiger partial charge is 0.465 e. The molecule has 1 atom stereocenters. The van der Waals surface area contributed by atoms with Crippen LogP contribution in [0.2, 0.25) is 0 Å². The fraction of sp³-hybridized carbons (Fsp3) is 0.333. The first-order chi connectivity index (χ1) is 14.5. The summed E-state index contributed by atoms with van der Waals surface area (Å²) in [6.45, 7) is 1.22. The lowest BCUT2D eigenvalue weighted by atomic mass is 9.97. The number of likely N-dealkylation sites (tertiary alicyclic amines) is 1. The Hall–Kier alpha value is -2.94. The number of amides is 3. The maximum absolute atomic E-state index is 12.5. The van der Waals surface area contributed by atoms with Gasteiger partial charge in [0.1, 0.15) is 11.6 Å². The fourth-order valence-electron chi connectivity index (χ4n) is 3.15. The van der Waals surface area contributed by atoms with Crippen molar-refractivity contribution in [3.8, 4) is 0 Å². The number of furan rings is 1. The van der Waals surface area contributed by atoms with E-state index in [1.54, 1.807) is 41.4 Å². The molecule has 1 fully saturated rings. The smallest absolute Gasteiger partial charge is 0.244 e. The van der Waals surface area contributed by atoms with Crippen LogP contribution in [0, 0.1) is 5.92 Å². The van der Waals surface area contributed by atoms with Gasteiger partial charge in [0.25, 0.3) is 0 Å². The number of nitrogens with zero attached hydrogens (tertiary/aromatic N) is 2. The Kier molecular flexibility index (Phi) is 7.78. The van der Waals surface area contributed by atoms with Gasteiger partial charge in [0.2, 0.25) is 17.7 Å². The Morgan fingerprint density at radius 2 is 2.17 bits per heavy atom. The highest BCUT2D eigenvalue weighted by atomic mass is 79.9. The Morgan fingerprint density at radius 1 is 1.30 bits per heavy atom. The Labute approximate surface area is 182 Å². The lowest BCUT2D eigenvalue weighted by Gasteiger charge is -2.32. The third-order valence-electron chi connectivity index (χ3n) is 4.70. The van der Waals surface area contributed by atoms with Gasteiger partial charge in [-0.1, -0.05) is 0 Å². The molecule has 0 radical (unpaired) electrons. The van der Waals surface area contributed by atoms with E-state index < -0.39 is 0 Å². The van der Waals surface area contributed by atoms with Crippen LogP contribution in [0.25, 0.3) is 6.08 Å². The first-order valence-corrected chi connectivity index (χ1v) is 10.5. The van der Waals surface area contributed by atoms with Gasteiger partial charge in [-0.15, -0.1) is 0 Å². The molecule has 0 saturated carbocycles. The number of anilines is 1. The summed E-state index contributed by atoms with van der Waals surface area (Å²) in [7, 11) is 0. The second kappa shape index (κ2) is 10.7. The van der Waals surface area contributed by atoms with Crippen LogP contribution in [0.4, 0.5) is 5.82 Å². The van der Waals surface area contributed by atoms with Crippen LogP contribution in [0.3, 0.4) is 0 Å². The zero-order chi connectivity index (χ0) is 21.3. The third kappa shape index (κ3) is 6.55. The van der Waals surface area contributed by atoms with Gasteiger partial charge >= 0.3 is 0 Å². The molecule has 0 aliphatic carbocycles. The minimum absolute atomic E-state index is 0.0791. The number of hydrogen-bond acceptors (Lipinski definition) is 5. The molecule has 30 heavy (non-hydrogen) atoms. The molecule has 0 bridgehead atoms. The van der Waals surface area contributed by atoms with Gasteiger partial charge in [-0.3, -0.25) is 14.4 Å². The Morgan fingerprint density at radius 3 is 2.90 bits per heavy atom. The highest BCUT2D eigenvalue weighted by Gasteiger charge is 2.28. The quantitative estimate of drug-likeness (QED) is 0.600. The van der Waals surface area contributed by atoms with Crippen molar-refractivity contribution in [3.05, 3.63) is 53.0 Å². The first-order valence-electron chi connectivity index (χ1n) is 9.71. The number of rotatable bonds is 7. The molecule has 2 aromatic rings. The zero-order valence-corrected chi connectivity index (χ0v) is 17.9. The number of pyridine rings is 1. The predicted octanol–water partition coefficient (Wildman–Crippen LogP) is 2.83. The van der Waals surface area contributed by atoms with E-state index in [1.165, 1.54) is 12.3 Å². The zero-order valence-electron chi connectivity index (χ0n) is 16.3. The van der Waals surface area contributed by atoms with Crippen molar-refractivity contribution in [3.63, 3.8) is 0 Å². The fourth-order valence-corrected chi connectivity index (χ4v) is 3.38. The van der Waals surface area contributed by atoms with Crippen LogP contribution in [-0.4, -0.2) is 47.2 Å². The molecular weight excluding hydrogens is 452 g/mol. The minimum Gasteiger partial charge on any atom is -0.465 e. The van der Waals surface area contributed by atoms with E-state index in [9.17, 15) is 14.4 Å². The van der Waals surface area contributed by atoms with Crippen molar-refractivity contribution >= 4 is 45.5 Å². The summed E-state index contributed by atoms with van der Waals surface area (Å²) in [5.74, 6) is 0.272. The summed E-state index contributed by atoms with van der Waals surface area (Å²) >= 11 is 3.31. The van der Waals surface area contributed by atoms with E-state index in [2.05, 4.69) is 31.5 Å². The molecule has 1 aliphatic rings. The number of halogens is 1. The number of carbonyl (C=O) groups is 3. The first kappa shape index (κ1) is 21.8. The summed E-state index contributed by atoms with van der Waals surface area (Å²) in [5.41, 5.74) is 0. The van der Waals surface area contributed by atoms with E-state index >= 15 is 0 Å². The average Bonchev–Trinajstić information content (AvgIpc) is 3.27. The standard InChI is InChI=1S/C21H23BrN4O4/c22-16-5-7-18(24-13-16)25-21(29)15-3-1-11-26(14-15)20(28)9-10-23-19(27)8-6-17-4-2-12-30-17/h2,4-8,12-13,15H,1,3,9-11,14H2,(H,23,27)(H,24,25,29)/b8-6+. The van der Waals surface area contributed by atoms with Crippen LogP contribution in [-0.2, 0) is 14.4 Å². The number of nitrogens with one attached hydrogen (secondary N) is 2. The maximum Gasteiger partial charge on any atom is 0.244 e. The summed E-state index contributed by atoms with van der Waals surface area (Å²) in [6, 6.07) is 7.00. The van der Waals surface area contributed by atoms with Crippen LogP contribution >= 0.6 is 15.9 Å². The number of piperidine rings is 1. The molecule has 3 rings (SSSR count). The number of hydrogen-bond donors (Lipinski definition) is 2. The van der Waals surface area contributed by atoms with Gasteiger partial charge < -0.3 is 20.0 Å². The lowest BCUT2D eigenvalue weighted by Crippen LogP contribution is -2.44. The molecular formula is C21H23BrN4O4. The van der Waals surface area contributed by atoms with Gasteiger partial charge in [-0.25, -0.2) is 4.98 Å². The van der Waals surface area contributed by atoms with Crippen LogP contribution in [0.15, 0.2) is 51.7 Å². The molecule has 9 heteroatoms. The monoisotopic (exact) mass is 474 g/mol. The van der Waals surface area contributed by atoms with E-state index in [0.717, 1.165) is 17.3 Å². The SMILES string of the molecule is O=C(/C=C/c1ccco1)NCCC(=O)N1CCCC(C(=O)Nc2ccc(Br)cn2)C1. The molecule has 0 spiro atoms. The van der Waals surface area contributed by atoms with Gasteiger partial charge in [0.05, 0.1) is 12.2 Å². The molecule has 3 heterocycles. The average molecular weight is 475 g/mol. The third-order valence-corrected chi connectivity index (χ3v) is 5.17. The van der Waals surface area contributed by atoms with Crippen molar-refractivity contribution in [1.29, 1.82) is 0 Å². The topological polar surface area (TPSA) is 105 Å². The summed E-state index contributed by atoms with van der Waals surface area (Å²) in [4.78, 5) is 42.6. The van der Waals surface area contributed by atoms with E-state index in [4.69, 9.17) is 4.42 Å². The summed E-state index contributed by atoms with van der Waals surface area (Å²) < 4.78 is 5.94. The van der Waals surface area contributed by atoms with Gasteiger partial charge in [-0.05, 0) is 59.1 Å². The number of carbonyl (C=O) groups excluding carboxylic acids is 3. The van der Waals surface area contributed by atoms with Gasteiger partial charge in [-0.2, -0.15) is 0 Å². The minimum atomic E-state index is -0.294. The molecule has 2 N–H and O–H groups in total. The van der Waals surface area contributed by atoms with Gasteiger partial charge in [0.15, 0.2) is 0 Å². The molecule has 0 aromatic carbocycles. The number of aromatic nitrogens is 1. The molecule has 8 nitrogen and oxygen atoms in total. The second-order valence-corrected chi connectivity index (χ2v) is 7.84. The Balaban J connectivity index is 1.41. The molecule has 2 aromatic heterocycles. The van der Waals surface area contributed by atoms with Crippen LogP contribution in [0.5, 0.6) is 0 Å². The predicted molar refractivity (Wildman–Crippen MR) is 115 cm³/mol. The Bertz CT molecular complexity index is 896. The normalized spacial score (nSPS) is 16.4. The van der Waals surface area contributed by atoms with Crippen molar-refractivity contribution in [2.24, 2.45) is 5.92 Å². The molecule has 158 valence electrons. The van der Waals surface area contributed by atoms with Crippen LogP contribution < -0.4 is 10.6 Å². The van der Waals surface area contributed by atoms with Crippen molar-refractivity contribution < 1.29 is 18.8 Å². The van der Waals surface area contributed by atoms with Crippen molar-refractivity contribution in [1.82, 2.24) is 15.2 Å². The van der Waals surface area contributed by atoms with E-state index in [1.807, 2.05) is 0 Å². The molecule has 3 amide bonds. The van der Waals surface area contributed by atoms with Crippen molar-refractivity contribution in [2.75, 3.05) is 25.0 Å². The summed E-state index contributed by atoms with van der Waals surface area (Å²) in [6.07, 6.45) is 7.73. The second-order valence-electron chi connectivity index (χ2n) is 6.92.